The van der Waals surface area contributed by atoms with Crippen LogP contribution in [0.4, 0.5) is 4.39 Å². The topological polar surface area (TPSA) is 3.24 Å². The first kappa shape index (κ1) is 21.8. The van der Waals surface area contributed by atoms with E-state index in [1.54, 1.807) is 12.1 Å². The average Bonchev–Trinajstić information content (AvgIpc) is 2.57. The van der Waals surface area contributed by atoms with Crippen LogP contribution in [0.2, 0.25) is 0 Å². The SMILES string of the molecule is Fc1cc[c-]c(CN(Cc2ccccc2)Cc2ccccc2)c1.[Br-].[Mg+2]. The van der Waals surface area contributed by atoms with Gasteiger partial charge in [-0.1, -0.05) is 60.7 Å². The van der Waals surface area contributed by atoms with Crippen LogP contribution in [0, 0.1) is 11.9 Å². The first-order chi connectivity index (χ1) is 11.3. The molecule has 0 atom stereocenters. The molecule has 0 unspecified atom stereocenters. The fourth-order valence-electron chi connectivity index (χ4n) is 2.67. The van der Waals surface area contributed by atoms with Gasteiger partial charge in [0.25, 0.3) is 0 Å². The summed E-state index contributed by atoms with van der Waals surface area (Å²) in [5, 5.41) is 0. The van der Waals surface area contributed by atoms with Gasteiger partial charge in [-0.3, -0.25) is 4.90 Å². The standard InChI is InChI=1S/C21H19FN.BrH.Mg/c22-21-13-7-12-20(14-21)17-23(15-18-8-3-1-4-9-18)16-19-10-5-2-6-11-19;;/h1-11,13-14H,15-17H2;1H;/q-1;;+2/p-1. The van der Waals surface area contributed by atoms with Gasteiger partial charge in [-0.05, 0) is 11.1 Å². The van der Waals surface area contributed by atoms with Gasteiger partial charge in [0.1, 0.15) is 0 Å². The zero-order valence-corrected chi connectivity index (χ0v) is 17.0. The molecule has 0 fully saturated rings. The molecule has 0 saturated heterocycles. The molecule has 0 heterocycles. The summed E-state index contributed by atoms with van der Waals surface area (Å²) in [6.45, 7) is 2.31. The van der Waals surface area contributed by atoms with E-state index in [2.05, 4.69) is 35.2 Å². The Morgan fingerprint density at radius 2 is 1.28 bits per heavy atom. The molecule has 124 valence electrons. The van der Waals surface area contributed by atoms with E-state index in [9.17, 15) is 4.39 Å². The Kier molecular flexibility index (Phi) is 9.97. The molecule has 3 rings (SSSR count). The summed E-state index contributed by atoms with van der Waals surface area (Å²) < 4.78 is 13.4. The van der Waals surface area contributed by atoms with Crippen molar-refractivity contribution in [2.24, 2.45) is 0 Å². The summed E-state index contributed by atoms with van der Waals surface area (Å²) in [7, 11) is 0. The van der Waals surface area contributed by atoms with Crippen LogP contribution in [0.5, 0.6) is 0 Å². The van der Waals surface area contributed by atoms with Crippen molar-refractivity contribution in [3.8, 4) is 0 Å². The third-order valence-corrected chi connectivity index (χ3v) is 3.72. The minimum absolute atomic E-state index is 0. The summed E-state index contributed by atoms with van der Waals surface area (Å²) >= 11 is 0. The van der Waals surface area contributed by atoms with Crippen LogP contribution in [0.1, 0.15) is 16.7 Å². The minimum Gasteiger partial charge on any atom is -1.00 e. The fourth-order valence-corrected chi connectivity index (χ4v) is 2.67. The van der Waals surface area contributed by atoms with Crippen LogP contribution in [0.25, 0.3) is 0 Å². The molecule has 0 bridgehead atoms. The second kappa shape index (κ2) is 11.4. The van der Waals surface area contributed by atoms with Crippen molar-refractivity contribution in [1.29, 1.82) is 0 Å². The zero-order valence-electron chi connectivity index (χ0n) is 14.0. The van der Waals surface area contributed by atoms with E-state index >= 15 is 0 Å². The molecule has 0 radical (unpaired) electrons. The monoisotopic (exact) mass is 407 g/mol. The van der Waals surface area contributed by atoms with Gasteiger partial charge in [0.05, 0.1) is 0 Å². The Balaban J connectivity index is 0.00000156. The quantitative estimate of drug-likeness (QED) is 0.441. The number of benzene rings is 3. The van der Waals surface area contributed by atoms with E-state index in [4.69, 9.17) is 0 Å². The Morgan fingerprint density at radius 1 is 0.760 bits per heavy atom. The number of hydrogen-bond donors (Lipinski definition) is 0. The van der Waals surface area contributed by atoms with Crippen molar-refractivity contribution >= 4 is 23.1 Å². The molecule has 0 spiro atoms. The third-order valence-electron chi connectivity index (χ3n) is 3.72. The Hall–Kier alpha value is -1.20. The van der Waals surface area contributed by atoms with Gasteiger partial charge >= 0.3 is 23.1 Å². The molecule has 0 aliphatic carbocycles. The number of hydrogen-bond acceptors (Lipinski definition) is 1. The van der Waals surface area contributed by atoms with Crippen molar-refractivity contribution in [2.45, 2.75) is 19.6 Å². The Labute approximate surface area is 175 Å². The van der Waals surface area contributed by atoms with Crippen molar-refractivity contribution < 1.29 is 21.4 Å². The number of halogens is 2. The van der Waals surface area contributed by atoms with E-state index in [1.807, 2.05) is 36.4 Å². The Bertz CT molecular complexity index is 696. The first-order valence-corrected chi connectivity index (χ1v) is 7.76. The maximum atomic E-state index is 13.4. The van der Waals surface area contributed by atoms with Gasteiger partial charge in [-0.15, -0.1) is 17.7 Å². The van der Waals surface area contributed by atoms with Crippen molar-refractivity contribution in [3.05, 3.63) is 107 Å². The molecular formula is C21H19BrFMgN. The second-order valence-corrected chi connectivity index (χ2v) is 5.65. The molecular weight excluding hydrogens is 389 g/mol. The van der Waals surface area contributed by atoms with Crippen LogP contribution < -0.4 is 17.0 Å². The molecule has 3 aromatic rings. The fraction of sp³-hybridized carbons (Fsp3) is 0.143. The van der Waals surface area contributed by atoms with E-state index in [0.29, 0.717) is 6.54 Å². The largest absolute Gasteiger partial charge is 2.00 e. The number of nitrogens with zero attached hydrogens (tertiary/aromatic N) is 1. The van der Waals surface area contributed by atoms with Gasteiger partial charge in [0.15, 0.2) is 0 Å². The maximum absolute atomic E-state index is 13.4. The normalized spacial score (nSPS) is 10.0. The molecule has 3 aromatic carbocycles. The van der Waals surface area contributed by atoms with Gasteiger partial charge in [-0.2, -0.15) is 12.1 Å². The van der Waals surface area contributed by atoms with Gasteiger partial charge < -0.3 is 17.0 Å². The third kappa shape index (κ3) is 7.28. The minimum atomic E-state index is -0.210. The van der Waals surface area contributed by atoms with Crippen LogP contribution in [-0.4, -0.2) is 28.0 Å². The summed E-state index contributed by atoms with van der Waals surface area (Å²) in [5.74, 6) is -0.210. The summed E-state index contributed by atoms with van der Waals surface area (Å²) in [5.41, 5.74) is 3.37. The van der Waals surface area contributed by atoms with Gasteiger partial charge in [0.2, 0.25) is 0 Å². The van der Waals surface area contributed by atoms with Crippen molar-refractivity contribution in [2.75, 3.05) is 0 Å². The maximum Gasteiger partial charge on any atom is 2.00 e. The van der Waals surface area contributed by atoms with Gasteiger partial charge in [0, 0.05) is 25.5 Å². The summed E-state index contributed by atoms with van der Waals surface area (Å²) in [6.07, 6.45) is 0. The van der Waals surface area contributed by atoms with Crippen LogP contribution in [-0.2, 0) is 19.6 Å². The van der Waals surface area contributed by atoms with Crippen LogP contribution >= 0.6 is 0 Å². The molecule has 0 aliphatic rings. The zero-order chi connectivity index (χ0) is 15.9. The smallest absolute Gasteiger partial charge is 1.00 e. The average molecular weight is 409 g/mol. The van der Waals surface area contributed by atoms with E-state index < -0.39 is 0 Å². The predicted octanol–water partition coefficient (Wildman–Crippen LogP) is 1.45. The van der Waals surface area contributed by atoms with E-state index in [-0.39, 0.29) is 45.9 Å². The summed E-state index contributed by atoms with van der Waals surface area (Å²) in [4.78, 5) is 2.30. The van der Waals surface area contributed by atoms with E-state index in [0.717, 1.165) is 18.7 Å². The second-order valence-electron chi connectivity index (χ2n) is 5.65. The van der Waals surface area contributed by atoms with E-state index in [1.165, 1.54) is 17.2 Å². The Morgan fingerprint density at radius 3 is 1.76 bits per heavy atom. The number of rotatable bonds is 6. The first-order valence-electron chi connectivity index (χ1n) is 7.76. The summed E-state index contributed by atoms with van der Waals surface area (Å²) in [6, 6.07) is 28.5. The van der Waals surface area contributed by atoms with Gasteiger partial charge in [-0.25, -0.2) is 4.39 Å². The van der Waals surface area contributed by atoms with Crippen molar-refractivity contribution in [3.63, 3.8) is 0 Å². The predicted molar refractivity (Wildman–Crippen MR) is 96.8 cm³/mol. The molecule has 4 heteroatoms. The molecule has 0 saturated carbocycles. The molecule has 25 heavy (non-hydrogen) atoms. The van der Waals surface area contributed by atoms with Crippen LogP contribution in [0.15, 0.2) is 78.9 Å². The molecule has 0 aliphatic heterocycles. The van der Waals surface area contributed by atoms with Crippen LogP contribution in [0.3, 0.4) is 0 Å². The molecule has 0 aromatic heterocycles. The van der Waals surface area contributed by atoms with Crippen molar-refractivity contribution in [1.82, 2.24) is 4.90 Å². The molecule has 0 amide bonds. The molecule has 1 nitrogen and oxygen atoms in total. The molecule has 0 N–H and O–H groups in total.